The lowest BCUT2D eigenvalue weighted by Gasteiger charge is -2.03. The van der Waals surface area contributed by atoms with Gasteiger partial charge in [0.05, 0.1) is 6.61 Å². The second kappa shape index (κ2) is 4.64. The van der Waals surface area contributed by atoms with Crippen LogP contribution in [0.25, 0.3) is 0 Å². The summed E-state index contributed by atoms with van der Waals surface area (Å²) in [6.45, 7) is -0.171. The molecule has 7 nitrogen and oxygen atoms in total. The molecule has 1 aliphatic carbocycles. The van der Waals surface area contributed by atoms with Gasteiger partial charge in [0.15, 0.2) is 5.82 Å². The molecule has 1 aliphatic rings. The smallest absolute Gasteiger partial charge is 0.264 e. The number of hydrogen-bond donors (Lipinski definition) is 2. The minimum absolute atomic E-state index is 0.152. The van der Waals surface area contributed by atoms with Crippen LogP contribution in [0.15, 0.2) is 29.4 Å². The van der Waals surface area contributed by atoms with E-state index in [1.807, 2.05) is 4.57 Å². The number of nitrogens with zero attached hydrogens (tertiary/aromatic N) is 3. The zero-order valence-electron chi connectivity index (χ0n) is 11.0. The summed E-state index contributed by atoms with van der Waals surface area (Å²) >= 11 is 0. The van der Waals surface area contributed by atoms with Crippen LogP contribution >= 0.6 is 0 Å². The molecule has 3 rings (SSSR count). The van der Waals surface area contributed by atoms with E-state index in [1.54, 1.807) is 25.5 Å². The summed E-state index contributed by atoms with van der Waals surface area (Å²) in [5.74, 6) is 0.275. The Morgan fingerprint density at radius 3 is 2.80 bits per heavy atom. The van der Waals surface area contributed by atoms with E-state index in [-0.39, 0.29) is 17.3 Å². The van der Waals surface area contributed by atoms with Gasteiger partial charge in [0.25, 0.3) is 10.0 Å². The molecular weight excluding hydrogens is 280 g/mol. The monoisotopic (exact) mass is 296 g/mol. The standard InChI is InChI=1S/C12H16N4O3S/c1-15-5-4-12(13-15)14-20(18,19)11-6-10(8-17)16(7-11)9-2-3-9/h4-7,9,17H,2-3,8H2,1H3,(H,13,14). The molecule has 108 valence electrons. The second-order valence-electron chi connectivity index (χ2n) is 4.94. The van der Waals surface area contributed by atoms with Crippen LogP contribution in [0.5, 0.6) is 0 Å². The van der Waals surface area contributed by atoms with E-state index in [9.17, 15) is 13.5 Å². The van der Waals surface area contributed by atoms with Gasteiger partial charge >= 0.3 is 0 Å². The van der Waals surface area contributed by atoms with E-state index in [0.717, 1.165) is 12.8 Å². The maximum Gasteiger partial charge on any atom is 0.264 e. The van der Waals surface area contributed by atoms with Crippen molar-refractivity contribution in [1.82, 2.24) is 14.3 Å². The summed E-state index contributed by atoms with van der Waals surface area (Å²) < 4.78 is 30.3. The molecule has 2 aromatic rings. The van der Waals surface area contributed by atoms with Crippen molar-refractivity contribution < 1.29 is 13.5 Å². The molecule has 1 fully saturated rings. The molecule has 0 aliphatic heterocycles. The molecule has 0 spiro atoms. The number of hydrogen-bond acceptors (Lipinski definition) is 4. The van der Waals surface area contributed by atoms with Crippen molar-refractivity contribution in [2.75, 3.05) is 4.72 Å². The van der Waals surface area contributed by atoms with Crippen LogP contribution in [0.2, 0.25) is 0 Å². The minimum atomic E-state index is -3.68. The summed E-state index contributed by atoms with van der Waals surface area (Å²) in [5, 5.41) is 13.3. The highest BCUT2D eigenvalue weighted by Gasteiger charge is 2.28. The first-order chi connectivity index (χ1) is 9.49. The third-order valence-corrected chi connectivity index (χ3v) is 4.59. The van der Waals surface area contributed by atoms with Gasteiger partial charge in [0.1, 0.15) is 4.90 Å². The fraction of sp³-hybridized carbons (Fsp3) is 0.417. The number of aliphatic hydroxyl groups excluding tert-OH is 1. The largest absolute Gasteiger partial charge is 0.390 e. The van der Waals surface area contributed by atoms with Gasteiger partial charge in [-0.25, -0.2) is 8.42 Å². The first kappa shape index (κ1) is 13.2. The van der Waals surface area contributed by atoms with Gasteiger partial charge < -0.3 is 9.67 Å². The number of aryl methyl sites for hydroxylation is 1. The van der Waals surface area contributed by atoms with Crippen molar-refractivity contribution >= 4 is 15.8 Å². The lowest BCUT2D eigenvalue weighted by atomic mass is 10.4. The molecule has 20 heavy (non-hydrogen) atoms. The zero-order chi connectivity index (χ0) is 14.3. The number of sulfonamides is 1. The fourth-order valence-corrected chi connectivity index (χ4v) is 3.17. The minimum Gasteiger partial charge on any atom is -0.390 e. The quantitative estimate of drug-likeness (QED) is 0.856. The normalized spacial score (nSPS) is 15.5. The van der Waals surface area contributed by atoms with Crippen molar-refractivity contribution in [2.45, 2.75) is 30.4 Å². The van der Waals surface area contributed by atoms with Crippen molar-refractivity contribution in [3.63, 3.8) is 0 Å². The Kier molecular flexibility index (Phi) is 3.06. The Bertz CT molecular complexity index is 728. The molecule has 0 amide bonds. The van der Waals surface area contributed by atoms with Gasteiger partial charge in [0.2, 0.25) is 0 Å². The van der Waals surface area contributed by atoms with Crippen LogP contribution in [-0.2, 0) is 23.7 Å². The number of rotatable bonds is 5. The molecule has 2 N–H and O–H groups in total. The SMILES string of the molecule is Cn1ccc(NS(=O)(=O)c2cc(CO)n(C3CC3)c2)n1. The molecule has 0 unspecified atom stereocenters. The first-order valence-corrected chi connectivity index (χ1v) is 7.82. The van der Waals surface area contributed by atoms with Crippen molar-refractivity contribution in [3.8, 4) is 0 Å². The maximum atomic E-state index is 12.3. The lowest BCUT2D eigenvalue weighted by Crippen LogP contribution is -2.13. The van der Waals surface area contributed by atoms with Crippen LogP contribution in [0.1, 0.15) is 24.6 Å². The third-order valence-electron chi connectivity index (χ3n) is 3.27. The maximum absolute atomic E-state index is 12.3. The van der Waals surface area contributed by atoms with E-state index in [2.05, 4.69) is 9.82 Å². The van der Waals surface area contributed by atoms with Crippen LogP contribution in [0.4, 0.5) is 5.82 Å². The average Bonchev–Trinajstić information content (AvgIpc) is 3.01. The van der Waals surface area contributed by atoms with Crippen LogP contribution in [0, 0.1) is 0 Å². The summed E-state index contributed by atoms with van der Waals surface area (Å²) in [7, 11) is -1.96. The molecule has 0 saturated heterocycles. The molecule has 0 aromatic carbocycles. The van der Waals surface area contributed by atoms with E-state index in [1.165, 1.54) is 10.7 Å². The van der Waals surface area contributed by atoms with Crippen molar-refractivity contribution in [2.24, 2.45) is 7.05 Å². The second-order valence-corrected chi connectivity index (χ2v) is 6.63. The van der Waals surface area contributed by atoms with Gasteiger partial charge in [-0.2, -0.15) is 5.10 Å². The van der Waals surface area contributed by atoms with Crippen molar-refractivity contribution in [1.29, 1.82) is 0 Å². The van der Waals surface area contributed by atoms with Crippen LogP contribution in [-0.4, -0.2) is 27.9 Å². The Morgan fingerprint density at radius 1 is 1.50 bits per heavy atom. The van der Waals surface area contributed by atoms with Crippen molar-refractivity contribution in [3.05, 3.63) is 30.2 Å². The van der Waals surface area contributed by atoms with Gasteiger partial charge in [-0.1, -0.05) is 0 Å². The first-order valence-electron chi connectivity index (χ1n) is 6.33. The van der Waals surface area contributed by atoms with Crippen LogP contribution in [0.3, 0.4) is 0 Å². The zero-order valence-corrected chi connectivity index (χ0v) is 11.8. The molecule has 0 bridgehead atoms. The summed E-state index contributed by atoms with van der Waals surface area (Å²) in [5.41, 5.74) is 0.619. The van der Waals surface area contributed by atoms with Gasteiger partial charge in [0, 0.05) is 37.2 Å². The van der Waals surface area contributed by atoms with E-state index >= 15 is 0 Å². The lowest BCUT2D eigenvalue weighted by molar-refractivity contribution is 0.270. The topological polar surface area (TPSA) is 89.1 Å². The fourth-order valence-electron chi connectivity index (χ4n) is 2.13. The number of aliphatic hydroxyl groups is 1. The average molecular weight is 296 g/mol. The molecule has 8 heteroatoms. The Balaban J connectivity index is 1.90. The number of anilines is 1. The van der Waals surface area contributed by atoms with Gasteiger partial charge in [-0.3, -0.25) is 9.40 Å². The molecule has 2 aromatic heterocycles. The predicted octanol–water partition coefficient (Wildman–Crippen LogP) is 0.850. The van der Waals surface area contributed by atoms with Crippen LogP contribution < -0.4 is 4.72 Å². The van der Waals surface area contributed by atoms with E-state index in [4.69, 9.17) is 0 Å². The molecule has 0 radical (unpaired) electrons. The molecule has 1 saturated carbocycles. The molecule has 0 atom stereocenters. The Morgan fingerprint density at radius 2 is 2.25 bits per heavy atom. The van der Waals surface area contributed by atoms with E-state index < -0.39 is 10.0 Å². The highest BCUT2D eigenvalue weighted by Crippen LogP contribution is 2.37. The Hall–Kier alpha value is -1.80. The van der Waals surface area contributed by atoms with Gasteiger partial charge in [-0.05, 0) is 18.9 Å². The number of nitrogens with one attached hydrogen (secondary N) is 1. The van der Waals surface area contributed by atoms with E-state index in [0.29, 0.717) is 11.7 Å². The highest BCUT2D eigenvalue weighted by atomic mass is 32.2. The summed E-state index contributed by atoms with van der Waals surface area (Å²) in [4.78, 5) is 0.152. The number of aromatic nitrogens is 3. The summed E-state index contributed by atoms with van der Waals surface area (Å²) in [6.07, 6.45) is 5.28. The third kappa shape index (κ3) is 2.44. The Labute approximate surface area is 116 Å². The summed E-state index contributed by atoms with van der Waals surface area (Å²) in [6, 6.07) is 3.40. The highest BCUT2D eigenvalue weighted by molar-refractivity contribution is 7.92. The predicted molar refractivity (Wildman–Crippen MR) is 72.6 cm³/mol. The van der Waals surface area contributed by atoms with Gasteiger partial charge in [-0.15, -0.1) is 0 Å². The molecular formula is C12H16N4O3S. The molecule has 2 heterocycles.